The van der Waals surface area contributed by atoms with Crippen LogP contribution in [0.5, 0.6) is 11.5 Å². The van der Waals surface area contributed by atoms with Gasteiger partial charge in [0, 0.05) is 22.8 Å². The summed E-state index contributed by atoms with van der Waals surface area (Å²) >= 11 is 0. The third-order valence-corrected chi connectivity index (χ3v) is 10.1. The molecule has 0 bridgehead atoms. The molecule has 0 aliphatic rings. The first-order valence-corrected chi connectivity index (χ1v) is 19.6. The van der Waals surface area contributed by atoms with Crippen LogP contribution in [-0.4, -0.2) is 23.2 Å². The maximum absolute atomic E-state index is 11.7. The number of nitrogens with zero attached hydrogens (tertiary/aromatic N) is 8. The molecule has 0 saturated carbocycles. The lowest BCUT2D eigenvalue weighted by molar-refractivity contribution is 0.475. The molecule has 7 aromatic rings. The summed E-state index contributed by atoms with van der Waals surface area (Å²) in [7, 11) is -4.45. The minimum atomic E-state index is -4.45. The number of nitrogens with one attached hydrogen (secondary N) is 1. The Morgan fingerprint density at radius 3 is 1.83 bits per heavy atom. The van der Waals surface area contributed by atoms with E-state index in [1.165, 1.54) is 24.3 Å². The largest absolute Gasteiger partial charge is 0.506 e. The first-order chi connectivity index (χ1) is 28.3. The van der Waals surface area contributed by atoms with Gasteiger partial charge in [0.15, 0.2) is 5.75 Å². The first kappa shape index (κ1) is 39.7. The Balaban J connectivity index is 1.02. The molecule has 0 unspecified atom stereocenters. The van der Waals surface area contributed by atoms with Gasteiger partial charge >= 0.3 is 0 Å². The number of aryl methyl sites for hydroxylation is 4. The zero-order valence-corrected chi connectivity index (χ0v) is 33.1. The Bertz CT molecular complexity index is 2950. The van der Waals surface area contributed by atoms with E-state index in [4.69, 9.17) is 0 Å². The van der Waals surface area contributed by atoms with Gasteiger partial charge in [-0.15, -0.1) is 15.3 Å². The van der Waals surface area contributed by atoms with Crippen LogP contribution in [-0.2, 0) is 10.1 Å². The van der Waals surface area contributed by atoms with Crippen LogP contribution in [0.4, 0.5) is 56.9 Å². The Morgan fingerprint density at radius 1 is 0.475 bits per heavy atom. The zero-order chi connectivity index (χ0) is 41.7. The molecule has 15 heteroatoms. The second-order valence-corrected chi connectivity index (χ2v) is 15.0. The third-order valence-electron chi connectivity index (χ3n) is 9.19. The van der Waals surface area contributed by atoms with Crippen molar-refractivity contribution in [3.05, 3.63) is 150 Å². The van der Waals surface area contributed by atoms with E-state index in [2.05, 4.69) is 46.2 Å². The van der Waals surface area contributed by atoms with Crippen LogP contribution in [0.3, 0.4) is 0 Å². The highest BCUT2D eigenvalue weighted by Gasteiger charge is 2.15. The average molecular weight is 804 g/mol. The molecule has 0 radical (unpaired) electrons. The molecule has 0 heterocycles. The van der Waals surface area contributed by atoms with Crippen LogP contribution >= 0.6 is 0 Å². The lowest BCUT2D eigenvalue weighted by Crippen LogP contribution is -1.97. The summed E-state index contributed by atoms with van der Waals surface area (Å²) in [5.74, 6) is -0.172. The Kier molecular flexibility index (Phi) is 11.4. The van der Waals surface area contributed by atoms with Gasteiger partial charge in [0.25, 0.3) is 10.1 Å². The van der Waals surface area contributed by atoms with Crippen molar-refractivity contribution in [3.8, 4) is 11.5 Å². The van der Waals surface area contributed by atoms with Crippen LogP contribution in [0.2, 0.25) is 0 Å². The number of aromatic hydroxyl groups is 2. The number of para-hydroxylation sites is 1. The fourth-order valence-corrected chi connectivity index (χ4v) is 6.79. The highest BCUT2D eigenvalue weighted by Crippen LogP contribution is 2.40. The number of hydrogen-bond acceptors (Lipinski definition) is 13. The summed E-state index contributed by atoms with van der Waals surface area (Å²) in [6, 6.07) is 36.7. The second-order valence-electron chi connectivity index (χ2n) is 13.6. The predicted molar refractivity (Wildman–Crippen MR) is 228 cm³/mol. The maximum Gasteiger partial charge on any atom is 0.296 e. The van der Waals surface area contributed by atoms with E-state index < -0.39 is 10.1 Å². The minimum absolute atomic E-state index is 0.0177. The van der Waals surface area contributed by atoms with Gasteiger partial charge in [-0.1, -0.05) is 36.4 Å². The van der Waals surface area contributed by atoms with Crippen molar-refractivity contribution >= 4 is 77.8 Å². The molecule has 0 amide bonds. The quantitative estimate of drug-likeness (QED) is 0.0738. The lowest BCUT2D eigenvalue weighted by Gasteiger charge is -2.09. The molecule has 0 aliphatic heterocycles. The van der Waals surface area contributed by atoms with Crippen molar-refractivity contribution in [1.82, 2.24) is 0 Å². The molecule has 0 aliphatic carbocycles. The van der Waals surface area contributed by atoms with E-state index in [0.717, 1.165) is 33.5 Å². The van der Waals surface area contributed by atoms with Gasteiger partial charge < -0.3 is 15.5 Å². The highest BCUT2D eigenvalue weighted by atomic mass is 32.2. The van der Waals surface area contributed by atoms with Crippen molar-refractivity contribution < 1.29 is 23.2 Å². The fraction of sp³-hybridized carbons (Fsp3) is 0.0909. The minimum Gasteiger partial charge on any atom is -0.506 e. The number of rotatable bonds is 11. The van der Waals surface area contributed by atoms with Gasteiger partial charge in [0.1, 0.15) is 27.7 Å². The van der Waals surface area contributed by atoms with Crippen molar-refractivity contribution in [3.63, 3.8) is 0 Å². The van der Waals surface area contributed by atoms with E-state index in [9.17, 15) is 23.2 Å². The standard InChI is InChI=1S/C44H37N9O5S/c1-26-20-33(16-19-36(26)48-49-37-12-8-9-13-42(37)59(56,57)58)46-53-43-28(3)21-34(22-29(43)4)47-51-39-25-41(54)40(23-27(39)2)52-50-38-18-14-30-24-32(15-17-35(30)44(38)55)45-31-10-6-5-7-11-31/h5-25,45,54-55H,1-4H3,(H,56,57,58). The van der Waals surface area contributed by atoms with Gasteiger partial charge in [-0.2, -0.15) is 34.0 Å². The molecule has 0 spiro atoms. The maximum atomic E-state index is 11.7. The van der Waals surface area contributed by atoms with Crippen LogP contribution < -0.4 is 5.32 Å². The summed E-state index contributed by atoms with van der Waals surface area (Å²) in [6.07, 6.45) is 0. The van der Waals surface area contributed by atoms with Crippen LogP contribution in [0.25, 0.3) is 10.8 Å². The molecule has 7 aromatic carbocycles. The zero-order valence-electron chi connectivity index (χ0n) is 32.3. The number of anilines is 2. The predicted octanol–water partition coefficient (Wildman–Crippen LogP) is 14.1. The molecule has 0 aromatic heterocycles. The number of fused-ring (bicyclic) bond motifs is 1. The molecular weight excluding hydrogens is 767 g/mol. The van der Waals surface area contributed by atoms with Crippen LogP contribution in [0, 0.1) is 27.7 Å². The monoisotopic (exact) mass is 803 g/mol. The van der Waals surface area contributed by atoms with E-state index in [0.29, 0.717) is 39.4 Å². The molecule has 0 atom stereocenters. The van der Waals surface area contributed by atoms with E-state index >= 15 is 0 Å². The fourth-order valence-electron chi connectivity index (χ4n) is 6.16. The van der Waals surface area contributed by atoms with Gasteiger partial charge in [-0.3, -0.25) is 4.55 Å². The van der Waals surface area contributed by atoms with Gasteiger partial charge in [-0.25, -0.2) is 0 Å². The number of azo groups is 4. The van der Waals surface area contributed by atoms with Crippen LogP contribution in [0.15, 0.2) is 173 Å². The Labute approximate surface area is 339 Å². The first-order valence-electron chi connectivity index (χ1n) is 18.2. The number of phenols is 2. The molecule has 7 rings (SSSR count). The summed E-state index contributed by atoms with van der Waals surface area (Å²) in [5.41, 5.74) is 8.13. The van der Waals surface area contributed by atoms with Crippen molar-refractivity contribution in [2.24, 2.45) is 40.9 Å². The number of phenolic OH excluding ortho intramolecular Hbond substituents is 2. The van der Waals surface area contributed by atoms with Crippen molar-refractivity contribution in [2.45, 2.75) is 32.6 Å². The van der Waals surface area contributed by atoms with E-state index in [1.54, 1.807) is 36.4 Å². The van der Waals surface area contributed by atoms with Crippen molar-refractivity contribution in [2.75, 3.05) is 5.32 Å². The molecule has 294 valence electrons. The van der Waals surface area contributed by atoms with Gasteiger partial charge in [-0.05, 0) is 140 Å². The summed E-state index contributed by atoms with van der Waals surface area (Å²) < 4.78 is 32.8. The van der Waals surface area contributed by atoms with Crippen LogP contribution in [0.1, 0.15) is 22.3 Å². The van der Waals surface area contributed by atoms with Gasteiger partial charge in [0.2, 0.25) is 0 Å². The molecule has 0 saturated heterocycles. The van der Waals surface area contributed by atoms with Gasteiger partial charge in [0.05, 0.1) is 28.4 Å². The Hall–Kier alpha value is -7.49. The molecular formula is C44H37N9O5S. The third kappa shape index (κ3) is 9.39. The SMILES string of the molecule is Cc1cc(N=Nc2ccc3cc(Nc4ccccc4)ccc3c2O)c(O)cc1N=Nc1cc(C)c(N=Nc2ccc(N=Nc3ccccc3S(=O)(=O)O)c(C)c2)c(C)c1. The lowest BCUT2D eigenvalue weighted by atomic mass is 10.1. The topological polar surface area (TPSA) is 206 Å². The van der Waals surface area contributed by atoms with Crippen molar-refractivity contribution in [1.29, 1.82) is 0 Å². The average Bonchev–Trinajstić information content (AvgIpc) is 3.20. The smallest absolute Gasteiger partial charge is 0.296 e. The molecule has 14 nitrogen and oxygen atoms in total. The highest BCUT2D eigenvalue weighted by molar-refractivity contribution is 7.86. The van der Waals surface area contributed by atoms with E-state index in [1.807, 2.05) is 94.4 Å². The normalized spacial score (nSPS) is 12.2. The molecule has 0 fully saturated rings. The molecule has 59 heavy (non-hydrogen) atoms. The Morgan fingerprint density at radius 2 is 1.08 bits per heavy atom. The number of benzene rings is 7. The van der Waals surface area contributed by atoms with E-state index in [-0.39, 0.29) is 33.5 Å². The summed E-state index contributed by atoms with van der Waals surface area (Å²) in [4.78, 5) is -0.332. The number of hydrogen-bond donors (Lipinski definition) is 4. The second kappa shape index (κ2) is 16.9. The summed E-state index contributed by atoms with van der Waals surface area (Å²) in [6.45, 7) is 7.42. The molecule has 4 N–H and O–H groups in total. The summed E-state index contributed by atoms with van der Waals surface area (Å²) in [5, 5.41) is 60.9.